The highest BCUT2D eigenvalue weighted by molar-refractivity contribution is 5.84. The molecule has 0 saturated heterocycles. The molecule has 4 aromatic rings. The van der Waals surface area contributed by atoms with Crippen LogP contribution in [0.2, 0.25) is 0 Å². The van der Waals surface area contributed by atoms with Gasteiger partial charge in [0.25, 0.3) is 0 Å². The first-order valence-corrected chi connectivity index (χ1v) is 9.74. The van der Waals surface area contributed by atoms with Crippen LogP contribution in [0.4, 0.5) is 0 Å². The highest BCUT2D eigenvalue weighted by atomic mass is 15.1. The van der Waals surface area contributed by atoms with Crippen LogP contribution in [0.5, 0.6) is 0 Å². The Balaban J connectivity index is 2.14. The van der Waals surface area contributed by atoms with Gasteiger partial charge in [0.15, 0.2) is 0 Å². The van der Waals surface area contributed by atoms with Crippen LogP contribution >= 0.6 is 0 Å². The van der Waals surface area contributed by atoms with Crippen molar-refractivity contribution in [1.29, 1.82) is 0 Å². The van der Waals surface area contributed by atoms with Gasteiger partial charge < -0.3 is 0 Å². The molecule has 0 bridgehead atoms. The summed E-state index contributed by atoms with van der Waals surface area (Å²) in [6.07, 6.45) is 0. The first-order chi connectivity index (χ1) is 13.1. The smallest absolute Gasteiger partial charge is 0.145 e. The number of hydrogen-bond acceptors (Lipinski definition) is 1. The van der Waals surface area contributed by atoms with Crippen molar-refractivity contribution in [2.24, 2.45) is 0 Å². The molecule has 0 spiro atoms. The Morgan fingerprint density at radius 1 is 0.667 bits per heavy atom. The number of hydrogen-bond donors (Lipinski definition) is 0. The van der Waals surface area contributed by atoms with Gasteiger partial charge in [0, 0.05) is 5.56 Å². The molecule has 1 aromatic heterocycles. The Kier molecular flexibility index (Phi) is 4.57. The lowest BCUT2D eigenvalue weighted by atomic mass is 9.92. The largest absolute Gasteiger partial charge is 0.292 e. The molecule has 0 aliphatic carbocycles. The summed E-state index contributed by atoms with van der Waals surface area (Å²) in [5, 5.41) is 0. The van der Waals surface area contributed by atoms with Crippen LogP contribution in [-0.2, 0) is 0 Å². The first kappa shape index (κ1) is 17.5. The Bertz CT molecular complexity index is 1050. The van der Waals surface area contributed by atoms with E-state index in [-0.39, 0.29) is 0 Å². The number of aromatic nitrogens is 2. The van der Waals surface area contributed by atoms with Crippen LogP contribution in [0.1, 0.15) is 50.7 Å². The average Bonchev–Trinajstić information content (AvgIpc) is 3.07. The minimum absolute atomic E-state index is 0.434. The van der Waals surface area contributed by atoms with Gasteiger partial charge in [-0.1, -0.05) is 88.4 Å². The van der Waals surface area contributed by atoms with Crippen molar-refractivity contribution in [2.45, 2.75) is 39.5 Å². The minimum atomic E-state index is 0.434. The van der Waals surface area contributed by atoms with Gasteiger partial charge >= 0.3 is 0 Å². The zero-order valence-electron chi connectivity index (χ0n) is 16.5. The molecule has 3 aromatic carbocycles. The monoisotopic (exact) mass is 354 g/mol. The van der Waals surface area contributed by atoms with Crippen molar-refractivity contribution < 1.29 is 0 Å². The maximum Gasteiger partial charge on any atom is 0.145 e. The summed E-state index contributed by atoms with van der Waals surface area (Å²) >= 11 is 0. The topological polar surface area (TPSA) is 17.8 Å². The van der Waals surface area contributed by atoms with Gasteiger partial charge in [-0.25, -0.2) is 4.98 Å². The van der Waals surface area contributed by atoms with E-state index in [1.807, 2.05) is 0 Å². The van der Waals surface area contributed by atoms with Gasteiger partial charge in [0.2, 0.25) is 0 Å². The molecule has 0 amide bonds. The van der Waals surface area contributed by atoms with Gasteiger partial charge in [-0.3, -0.25) is 4.57 Å². The fourth-order valence-electron chi connectivity index (χ4n) is 3.80. The van der Waals surface area contributed by atoms with E-state index < -0.39 is 0 Å². The molecule has 1 heterocycles. The van der Waals surface area contributed by atoms with Gasteiger partial charge in [-0.15, -0.1) is 0 Å². The summed E-state index contributed by atoms with van der Waals surface area (Å²) in [4.78, 5) is 5.02. The number of benzene rings is 3. The van der Waals surface area contributed by atoms with Gasteiger partial charge in [-0.05, 0) is 35.1 Å². The van der Waals surface area contributed by atoms with Crippen LogP contribution < -0.4 is 0 Å². The Morgan fingerprint density at radius 2 is 1.26 bits per heavy atom. The molecule has 0 unspecified atom stereocenters. The second-order valence-corrected chi connectivity index (χ2v) is 7.72. The SMILES string of the molecule is CC(C)c1cccc(C(C)C)c1-n1c(-c2ccccc2)nc2ccccc21. The standard InChI is InChI=1S/C25H26N2/c1-17(2)20-13-10-14-21(18(3)4)24(20)27-23-16-9-8-15-22(23)26-25(27)19-11-6-5-7-12-19/h5-18H,1-4H3. The molecule has 27 heavy (non-hydrogen) atoms. The predicted octanol–water partition coefficient (Wildman–Crippen LogP) is 6.94. The molecule has 2 heteroatoms. The minimum Gasteiger partial charge on any atom is -0.292 e. The van der Waals surface area contributed by atoms with E-state index in [1.165, 1.54) is 16.8 Å². The molecule has 0 radical (unpaired) electrons. The summed E-state index contributed by atoms with van der Waals surface area (Å²) in [5.41, 5.74) is 7.34. The number of para-hydroxylation sites is 3. The molecular weight excluding hydrogens is 328 g/mol. The van der Waals surface area contributed by atoms with Gasteiger partial charge in [0.1, 0.15) is 5.82 Å². The summed E-state index contributed by atoms with van der Waals surface area (Å²) in [5.74, 6) is 1.87. The molecule has 136 valence electrons. The number of rotatable bonds is 4. The zero-order valence-corrected chi connectivity index (χ0v) is 16.5. The maximum atomic E-state index is 5.02. The van der Waals surface area contributed by atoms with Crippen molar-refractivity contribution >= 4 is 11.0 Å². The third kappa shape index (κ3) is 3.06. The lowest BCUT2D eigenvalue weighted by Crippen LogP contribution is -2.08. The summed E-state index contributed by atoms with van der Waals surface area (Å²) in [7, 11) is 0. The lowest BCUT2D eigenvalue weighted by molar-refractivity contribution is 0.811. The molecule has 0 N–H and O–H groups in total. The van der Waals surface area contributed by atoms with E-state index in [9.17, 15) is 0 Å². The van der Waals surface area contributed by atoms with Crippen LogP contribution in [-0.4, -0.2) is 9.55 Å². The van der Waals surface area contributed by atoms with E-state index >= 15 is 0 Å². The lowest BCUT2D eigenvalue weighted by Gasteiger charge is -2.22. The summed E-state index contributed by atoms with van der Waals surface area (Å²) < 4.78 is 2.37. The van der Waals surface area contributed by atoms with E-state index in [2.05, 4.69) is 105 Å². The Hall–Kier alpha value is -2.87. The quantitative estimate of drug-likeness (QED) is 0.388. The molecular formula is C25H26N2. The molecule has 0 saturated carbocycles. The normalized spacial score (nSPS) is 11.6. The van der Waals surface area contributed by atoms with Crippen LogP contribution in [0.25, 0.3) is 28.1 Å². The highest BCUT2D eigenvalue weighted by Gasteiger charge is 2.21. The van der Waals surface area contributed by atoms with Crippen molar-refractivity contribution in [3.05, 3.63) is 83.9 Å². The molecule has 0 aliphatic rings. The van der Waals surface area contributed by atoms with Crippen molar-refractivity contribution in [3.8, 4) is 17.1 Å². The van der Waals surface area contributed by atoms with E-state index in [4.69, 9.17) is 4.98 Å². The second kappa shape index (κ2) is 7.03. The van der Waals surface area contributed by atoms with E-state index in [0.717, 1.165) is 22.4 Å². The molecule has 0 aliphatic heterocycles. The Morgan fingerprint density at radius 3 is 1.89 bits per heavy atom. The molecule has 0 atom stereocenters. The fourth-order valence-corrected chi connectivity index (χ4v) is 3.80. The van der Waals surface area contributed by atoms with Crippen molar-refractivity contribution in [2.75, 3.05) is 0 Å². The van der Waals surface area contributed by atoms with E-state index in [1.54, 1.807) is 0 Å². The third-order valence-corrected chi connectivity index (χ3v) is 5.16. The Labute approximate surface area is 161 Å². The van der Waals surface area contributed by atoms with Crippen molar-refractivity contribution in [3.63, 3.8) is 0 Å². The average molecular weight is 354 g/mol. The number of nitrogens with zero attached hydrogens (tertiary/aromatic N) is 2. The summed E-state index contributed by atoms with van der Waals surface area (Å²) in [6.45, 7) is 9.07. The first-order valence-electron chi connectivity index (χ1n) is 9.74. The highest BCUT2D eigenvalue weighted by Crippen LogP contribution is 2.36. The predicted molar refractivity (Wildman–Crippen MR) is 115 cm³/mol. The zero-order chi connectivity index (χ0) is 19.0. The number of fused-ring (bicyclic) bond motifs is 1. The van der Waals surface area contributed by atoms with Crippen molar-refractivity contribution in [1.82, 2.24) is 9.55 Å². The fraction of sp³-hybridized carbons (Fsp3) is 0.240. The second-order valence-electron chi connectivity index (χ2n) is 7.72. The van der Waals surface area contributed by atoms with Crippen LogP contribution in [0.15, 0.2) is 72.8 Å². The molecule has 2 nitrogen and oxygen atoms in total. The van der Waals surface area contributed by atoms with Gasteiger partial charge in [0.05, 0.1) is 16.7 Å². The molecule has 0 fully saturated rings. The van der Waals surface area contributed by atoms with Crippen LogP contribution in [0.3, 0.4) is 0 Å². The van der Waals surface area contributed by atoms with E-state index in [0.29, 0.717) is 11.8 Å². The molecule has 4 rings (SSSR count). The summed E-state index contributed by atoms with van der Waals surface area (Å²) in [6, 6.07) is 25.6. The third-order valence-electron chi connectivity index (χ3n) is 5.16. The van der Waals surface area contributed by atoms with Gasteiger partial charge in [-0.2, -0.15) is 0 Å². The maximum absolute atomic E-state index is 5.02. The van der Waals surface area contributed by atoms with Crippen LogP contribution in [0, 0.1) is 0 Å². The number of imidazole rings is 1.